The summed E-state index contributed by atoms with van der Waals surface area (Å²) in [6.07, 6.45) is 4.01. The Morgan fingerprint density at radius 2 is 2.29 bits per heavy atom. The first-order chi connectivity index (χ1) is 6.68. The Kier molecular flexibility index (Phi) is 2.49. The Hall–Kier alpha value is -0.610. The molecule has 4 nitrogen and oxygen atoms in total. The Morgan fingerprint density at radius 3 is 2.79 bits per heavy atom. The molecule has 1 aliphatic heterocycles. The molecule has 1 saturated carbocycles. The highest BCUT2D eigenvalue weighted by Gasteiger charge is 2.45. The van der Waals surface area contributed by atoms with Gasteiger partial charge in [0.2, 0.25) is 0 Å². The van der Waals surface area contributed by atoms with E-state index in [9.17, 15) is 4.79 Å². The van der Waals surface area contributed by atoms with Crippen LogP contribution in [0.15, 0.2) is 0 Å². The van der Waals surface area contributed by atoms with E-state index in [0.717, 1.165) is 13.0 Å². The van der Waals surface area contributed by atoms with Gasteiger partial charge in [0.25, 0.3) is 0 Å². The number of carboxylic acid groups (broad SMARTS) is 1. The summed E-state index contributed by atoms with van der Waals surface area (Å²) in [6.45, 7) is 1.59. The lowest BCUT2D eigenvalue weighted by Crippen LogP contribution is -2.54. The third-order valence-electron chi connectivity index (χ3n) is 3.33. The zero-order valence-electron chi connectivity index (χ0n) is 8.53. The summed E-state index contributed by atoms with van der Waals surface area (Å²) >= 11 is 0. The molecule has 1 saturated heterocycles. The van der Waals surface area contributed by atoms with Gasteiger partial charge in [0.15, 0.2) is 5.60 Å². The van der Waals surface area contributed by atoms with E-state index in [1.807, 2.05) is 0 Å². The quantitative estimate of drug-likeness (QED) is 0.727. The first-order valence-electron chi connectivity index (χ1n) is 5.20. The van der Waals surface area contributed by atoms with Crippen molar-refractivity contribution in [1.82, 2.24) is 4.90 Å². The molecule has 1 unspecified atom stereocenters. The lowest BCUT2D eigenvalue weighted by molar-refractivity contribution is -0.169. The molecular weight excluding hydrogens is 182 g/mol. The van der Waals surface area contributed by atoms with Crippen LogP contribution in [0.2, 0.25) is 0 Å². The second-order valence-corrected chi connectivity index (χ2v) is 4.31. The van der Waals surface area contributed by atoms with Crippen molar-refractivity contribution in [3.05, 3.63) is 0 Å². The van der Waals surface area contributed by atoms with Gasteiger partial charge in [0, 0.05) is 19.7 Å². The molecule has 0 bridgehead atoms. The monoisotopic (exact) mass is 199 g/mol. The molecule has 4 heteroatoms. The van der Waals surface area contributed by atoms with Gasteiger partial charge in [-0.25, -0.2) is 4.79 Å². The van der Waals surface area contributed by atoms with Crippen molar-refractivity contribution in [2.75, 3.05) is 20.2 Å². The molecule has 1 heterocycles. The summed E-state index contributed by atoms with van der Waals surface area (Å²) in [5, 5.41) is 9.16. The fraction of sp³-hybridized carbons (Fsp3) is 0.900. The highest BCUT2D eigenvalue weighted by Crippen LogP contribution is 2.33. The maximum atomic E-state index is 11.1. The van der Waals surface area contributed by atoms with Crippen LogP contribution in [0.25, 0.3) is 0 Å². The first-order valence-corrected chi connectivity index (χ1v) is 5.20. The van der Waals surface area contributed by atoms with Crippen molar-refractivity contribution in [3.8, 4) is 0 Å². The van der Waals surface area contributed by atoms with Crippen molar-refractivity contribution in [1.29, 1.82) is 0 Å². The average molecular weight is 199 g/mol. The number of piperidine rings is 1. The van der Waals surface area contributed by atoms with Gasteiger partial charge in [-0.1, -0.05) is 0 Å². The Labute approximate surface area is 83.8 Å². The normalized spacial score (nSPS) is 34.4. The summed E-state index contributed by atoms with van der Waals surface area (Å²) < 4.78 is 5.21. The molecule has 1 N–H and O–H groups in total. The molecule has 14 heavy (non-hydrogen) atoms. The predicted octanol–water partition coefficient (Wildman–Crippen LogP) is 0.714. The van der Waals surface area contributed by atoms with Gasteiger partial charge in [0.05, 0.1) is 0 Å². The van der Waals surface area contributed by atoms with Crippen molar-refractivity contribution in [3.63, 3.8) is 0 Å². The number of nitrogens with zero attached hydrogens (tertiary/aromatic N) is 1. The SMILES string of the molecule is COC1(C(=O)O)CCCN(C2CC2)C1. The molecule has 2 aliphatic rings. The van der Waals surface area contributed by atoms with Crippen molar-refractivity contribution < 1.29 is 14.6 Å². The number of methoxy groups -OCH3 is 1. The van der Waals surface area contributed by atoms with Gasteiger partial charge in [-0.3, -0.25) is 4.90 Å². The van der Waals surface area contributed by atoms with Gasteiger partial charge in [-0.15, -0.1) is 0 Å². The molecule has 1 atom stereocenters. The van der Waals surface area contributed by atoms with E-state index in [4.69, 9.17) is 9.84 Å². The van der Waals surface area contributed by atoms with E-state index in [-0.39, 0.29) is 0 Å². The summed E-state index contributed by atoms with van der Waals surface area (Å²) in [5.41, 5.74) is -0.944. The molecule has 2 fully saturated rings. The highest BCUT2D eigenvalue weighted by atomic mass is 16.5. The van der Waals surface area contributed by atoms with Crippen LogP contribution in [-0.2, 0) is 9.53 Å². The Morgan fingerprint density at radius 1 is 1.57 bits per heavy atom. The number of ether oxygens (including phenoxy) is 1. The second-order valence-electron chi connectivity index (χ2n) is 4.31. The van der Waals surface area contributed by atoms with Crippen LogP contribution in [0.1, 0.15) is 25.7 Å². The Balaban J connectivity index is 2.06. The van der Waals surface area contributed by atoms with Gasteiger partial charge in [-0.2, -0.15) is 0 Å². The molecule has 0 radical (unpaired) electrons. The lowest BCUT2D eigenvalue weighted by Gasteiger charge is -2.38. The molecule has 0 aromatic carbocycles. The number of rotatable bonds is 3. The third-order valence-corrected chi connectivity index (χ3v) is 3.33. The van der Waals surface area contributed by atoms with Crippen molar-refractivity contribution >= 4 is 5.97 Å². The van der Waals surface area contributed by atoms with E-state index >= 15 is 0 Å². The fourth-order valence-electron chi connectivity index (χ4n) is 2.23. The molecule has 1 aliphatic carbocycles. The van der Waals surface area contributed by atoms with E-state index in [1.54, 1.807) is 0 Å². The lowest BCUT2D eigenvalue weighted by atomic mass is 9.92. The fourth-order valence-corrected chi connectivity index (χ4v) is 2.23. The number of carboxylic acids is 1. The first kappa shape index (κ1) is 9.93. The van der Waals surface area contributed by atoms with E-state index < -0.39 is 11.6 Å². The van der Waals surface area contributed by atoms with E-state index in [0.29, 0.717) is 19.0 Å². The highest BCUT2D eigenvalue weighted by molar-refractivity contribution is 5.78. The maximum Gasteiger partial charge on any atom is 0.337 e. The molecule has 80 valence electrons. The third kappa shape index (κ3) is 1.64. The van der Waals surface area contributed by atoms with Crippen LogP contribution >= 0.6 is 0 Å². The zero-order valence-corrected chi connectivity index (χ0v) is 8.53. The average Bonchev–Trinajstić information content (AvgIpc) is 3.01. The van der Waals surface area contributed by atoms with Crippen LogP contribution in [0.5, 0.6) is 0 Å². The van der Waals surface area contributed by atoms with Gasteiger partial charge in [-0.05, 0) is 32.2 Å². The molecule has 0 amide bonds. The van der Waals surface area contributed by atoms with Gasteiger partial charge in [0.1, 0.15) is 0 Å². The minimum atomic E-state index is -0.944. The molecular formula is C10H17NO3. The van der Waals surface area contributed by atoms with Gasteiger partial charge >= 0.3 is 5.97 Å². The summed E-state index contributed by atoms with van der Waals surface area (Å²) in [4.78, 5) is 13.4. The largest absolute Gasteiger partial charge is 0.479 e. The van der Waals surface area contributed by atoms with Crippen LogP contribution < -0.4 is 0 Å². The summed E-state index contributed by atoms with van der Waals surface area (Å²) in [5.74, 6) is -0.814. The number of hydrogen-bond donors (Lipinski definition) is 1. The number of likely N-dealkylation sites (tertiary alicyclic amines) is 1. The van der Waals surface area contributed by atoms with Crippen molar-refractivity contribution in [2.45, 2.75) is 37.3 Å². The standard InChI is InChI=1S/C10H17NO3/c1-14-10(9(12)13)5-2-6-11(7-10)8-3-4-8/h8H,2-7H2,1H3,(H,12,13). The maximum absolute atomic E-state index is 11.1. The minimum Gasteiger partial charge on any atom is -0.479 e. The predicted molar refractivity (Wildman–Crippen MR) is 51.2 cm³/mol. The smallest absolute Gasteiger partial charge is 0.337 e. The van der Waals surface area contributed by atoms with Crippen LogP contribution in [-0.4, -0.2) is 47.8 Å². The Bertz CT molecular complexity index is 240. The zero-order chi connectivity index (χ0) is 10.2. The van der Waals surface area contributed by atoms with Crippen LogP contribution in [0.3, 0.4) is 0 Å². The van der Waals surface area contributed by atoms with E-state index in [1.165, 1.54) is 20.0 Å². The van der Waals surface area contributed by atoms with Crippen molar-refractivity contribution in [2.24, 2.45) is 0 Å². The molecule has 0 aromatic rings. The number of aliphatic carboxylic acids is 1. The molecule has 0 spiro atoms. The molecule has 2 rings (SSSR count). The van der Waals surface area contributed by atoms with Gasteiger partial charge < -0.3 is 9.84 Å². The number of hydrogen-bond acceptors (Lipinski definition) is 3. The van der Waals surface area contributed by atoms with Crippen LogP contribution in [0, 0.1) is 0 Å². The van der Waals surface area contributed by atoms with Crippen LogP contribution in [0.4, 0.5) is 0 Å². The summed E-state index contributed by atoms with van der Waals surface area (Å²) in [6, 6.07) is 0.629. The molecule has 0 aromatic heterocycles. The minimum absolute atomic E-state index is 0.559. The second kappa shape index (κ2) is 3.51. The summed E-state index contributed by atoms with van der Waals surface area (Å²) in [7, 11) is 1.50. The van der Waals surface area contributed by atoms with E-state index in [2.05, 4.69) is 4.90 Å². The topological polar surface area (TPSA) is 49.8 Å². The number of carbonyl (C=O) groups is 1.